The third-order valence-electron chi connectivity index (χ3n) is 2.73. The summed E-state index contributed by atoms with van der Waals surface area (Å²) in [5.74, 6) is -0.207. The second-order valence-corrected chi connectivity index (χ2v) is 6.56. The summed E-state index contributed by atoms with van der Waals surface area (Å²) >= 11 is 0. The standard InChI is InChI=1S/C10H19F3N2O2S/c1-14-6-2-3-7-18(16,17)15(9-4-5-9)8-10(11,12)13/h9,14H,2-8H2,1H3. The molecule has 0 bridgehead atoms. The summed E-state index contributed by atoms with van der Waals surface area (Å²) in [5.41, 5.74) is 0. The van der Waals surface area contributed by atoms with Crippen LogP contribution in [-0.2, 0) is 10.0 Å². The Hall–Kier alpha value is -0.340. The van der Waals surface area contributed by atoms with Crippen LogP contribution >= 0.6 is 0 Å². The smallest absolute Gasteiger partial charge is 0.320 e. The van der Waals surface area contributed by atoms with Gasteiger partial charge >= 0.3 is 6.18 Å². The zero-order valence-corrected chi connectivity index (χ0v) is 11.1. The molecule has 1 saturated carbocycles. The molecule has 0 unspecified atom stereocenters. The molecule has 0 radical (unpaired) electrons. The van der Waals surface area contributed by atoms with E-state index in [1.165, 1.54) is 0 Å². The number of nitrogens with zero attached hydrogens (tertiary/aromatic N) is 1. The Balaban J connectivity index is 2.55. The van der Waals surface area contributed by atoms with Gasteiger partial charge in [0, 0.05) is 6.04 Å². The van der Waals surface area contributed by atoms with Crippen molar-refractivity contribution in [1.29, 1.82) is 0 Å². The van der Waals surface area contributed by atoms with Crippen molar-refractivity contribution in [2.24, 2.45) is 0 Å². The van der Waals surface area contributed by atoms with Gasteiger partial charge in [0.05, 0.1) is 5.75 Å². The summed E-state index contributed by atoms with van der Waals surface area (Å²) < 4.78 is 61.4. The number of rotatable bonds is 8. The molecule has 0 amide bonds. The largest absolute Gasteiger partial charge is 0.402 e. The van der Waals surface area contributed by atoms with Crippen molar-refractivity contribution < 1.29 is 21.6 Å². The summed E-state index contributed by atoms with van der Waals surface area (Å²) in [6, 6.07) is -0.444. The Bertz CT molecular complexity index is 353. The Morgan fingerprint density at radius 1 is 1.28 bits per heavy atom. The summed E-state index contributed by atoms with van der Waals surface area (Å²) in [7, 11) is -2.04. The summed E-state index contributed by atoms with van der Waals surface area (Å²) in [5, 5.41) is 2.87. The molecule has 0 heterocycles. The molecule has 0 aromatic carbocycles. The van der Waals surface area contributed by atoms with Crippen LogP contribution in [0, 0.1) is 0 Å². The van der Waals surface area contributed by atoms with Gasteiger partial charge in [-0.15, -0.1) is 0 Å². The van der Waals surface area contributed by atoms with Gasteiger partial charge in [-0.2, -0.15) is 17.5 Å². The fraction of sp³-hybridized carbons (Fsp3) is 1.00. The first-order valence-electron chi connectivity index (χ1n) is 5.97. The van der Waals surface area contributed by atoms with E-state index in [2.05, 4.69) is 5.32 Å². The van der Waals surface area contributed by atoms with Gasteiger partial charge < -0.3 is 5.32 Å². The lowest BCUT2D eigenvalue weighted by molar-refractivity contribution is -0.137. The first-order valence-corrected chi connectivity index (χ1v) is 7.58. The molecule has 0 saturated heterocycles. The molecule has 0 aromatic heterocycles. The number of hydrogen-bond acceptors (Lipinski definition) is 3. The zero-order valence-electron chi connectivity index (χ0n) is 10.3. The molecule has 0 atom stereocenters. The zero-order chi connectivity index (χ0) is 13.8. The maximum Gasteiger partial charge on any atom is 0.402 e. The highest BCUT2D eigenvalue weighted by atomic mass is 32.2. The molecule has 1 fully saturated rings. The van der Waals surface area contributed by atoms with Crippen LogP contribution < -0.4 is 5.32 Å². The van der Waals surface area contributed by atoms with Crippen molar-refractivity contribution in [3.05, 3.63) is 0 Å². The van der Waals surface area contributed by atoms with E-state index in [0.29, 0.717) is 36.5 Å². The molecule has 0 spiro atoms. The molecule has 0 aromatic rings. The van der Waals surface area contributed by atoms with Crippen LogP contribution in [0.3, 0.4) is 0 Å². The fourth-order valence-corrected chi connectivity index (χ4v) is 3.51. The molecular weight excluding hydrogens is 269 g/mol. The first kappa shape index (κ1) is 15.7. The SMILES string of the molecule is CNCCCCS(=O)(=O)N(CC(F)(F)F)C1CC1. The van der Waals surface area contributed by atoms with Gasteiger partial charge in [-0.1, -0.05) is 0 Å². The molecule has 108 valence electrons. The van der Waals surface area contributed by atoms with Gasteiger partial charge in [0.2, 0.25) is 10.0 Å². The predicted molar refractivity (Wildman–Crippen MR) is 62.7 cm³/mol. The van der Waals surface area contributed by atoms with E-state index in [1.54, 1.807) is 7.05 Å². The van der Waals surface area contributed by atoms with Crippen LogP contribution in [0.2, 0.25) is 0 Å². The molecule has 1 N–H and O–H groups in total. The second-order valence-electron chi connectivity index (χ2n) is 4.52. The topological polar surface area (TPSA) is 49.4 Å². The Morgan fingerprint density at radius 3 is 2.33 bits per heavy atom. The quantitative estimate of drug-likeness (QED) is 0.686. The number of nitrogens with one attached hydrogen (secondary N) is 1. The minimum Gasteiger partial charge on any atom is -0.320 e. The third-order valence-corrected chi connectivity index (χ3v) is 4.67. The number of alkyl halides is 3. The van der Waals surface area contributed by atoms with Crippen LogP contribution in [0.25, 0.3) is 0 Å². The highest BCUT2D eigenvalue weighted by Gasteiger charge is 2.43. The van der Waals surface area contributed by atoms with E-state index in [-0.39, 0.29) is 5.75 Å². The number of sulfonamides is 1. The van der Waals surface area contributed by atoms with Crippen LogP contribution in [-0.4, -0.2) is 50.8 Å². The molecular formula is C10H19F3N2O2S. The lowest BCUT2D eigenvalue weighted by Crippen LogP contribution is -2.41. The van der Waals surface area contributed by atoms with Crippen molar-refractivity contribution in [1.82, 2.24) is 9.62 Å². The molecule has 0 aliphatic heterocycles. The molecule has 8 heteroatoms. The monoisotopic (exact) mass is 288 g/mol. The predicted octanol–water partition coefficient (Wildman–Crippen LogP) is 1.34. The lowest BCUT2D eigenvalue weighted by atomic mass is 10.3. The normalized spacial score (nSPS) is 17.4. The molecule has 4 nitrogen and oxygen atoms in total. The molecule has 1 aliphatic rings. The second kappa shape index (κ2) is 6.21. The van der Waals surface area contributed by atoms with Crippen molar-refractivity contribution >= 4 is 10.0 Å². The number of halogens is 3. The van der Waals surface area contributed by atoms with Crippen LogP contribution in [0.15, 0.2) is 0 Å². The molecule has 1 rings (SSSR count). The Labute approximate surface area is 106 Å². The average Bonchev–Trinajstić information content (AvgIpc) is 3.03. The number of hydrogen-bond donors (Lipinski definition) is 1. The van der Waals surface area contributed by atoms with E-state index >= 15 is 0 Å². The van der Waals surface area contributed by atoms with E-state index in [0.717, 1.165) is 0 Å². The van der Waals surface area contributed by atoms with Gasteiger partial charge in [0.15, 0.2) is 0 Å². The molecule has 18 heavy (non-hydrogen) atoms. The first-order chi connectivity index (χ1) is 8.26. The minimum absolute atomic E-state index is 0.207. The average molecular weight is 288 g/mol. The summed E-state index contributed by atoms with van der Waals surface area (Å²) in [4.78, 5) is 0. The van der Waals surface area contributed by atoms with Crippen LogP contribution in [0.1, 0.15) is 25.7 Å². The van der Waals surface area contributed by atoms with Crippen molar-refractivity contribution in [2.45, 2.75) is 37.9 Å². The summed E-state index contributed by atoms with van der Waals surface area (Å²) in [6.45, 7) is -0.690. The van der Waals surface area contributed by atoms with Gasteiger partial charge in [-0.25, -0.2) is 8.42 Å². The van der Waals surface area contributed by atoms with Gasteiger partial charge in [0.1, 0.15) is 6.54 Å². The van der Waals surface area contributed by atoms with Crippen molar-refractivity contribution in [3.63, 3.8) is 0 Å². The van der Waals surface area contributed by atoms with Gasteiger partial charge in [0.25, 0.3) is 0 Å². The maximum atomic E-state index is 12.4. The molecule has 1 aliphatic carbocycles. The van der Waals surface area contributed by atoms with E-state index in [4.69, 9.17) is 0 Å². The van der Waals surface area contributed by atoms with Crippen molar-refractivity contribution in [2.75, 3.05) is 25.9 Å². The highest BCUT2D eigenvalue weighted by molar-refractivity contribution is 7.89. The van der Waals surface area contributed by atoms with Gasteiger partial charge in [-0.3, -0.25) is 0 Å². The van der Waals surface area contributed by atoms with E-state index in [1.807, 2.05) is 0 Å². The number of unbranched alkanes of at least 4 members (excludes halogenated alkanes) is 1. The van der Waals surface area contributed by atoms with Gasteiger partial charge in [-0.05, 0) is 39.3 Å². The van der Waals surface area contributed by atoms with E-state index in [9.17, 15) is 21.6 Å². The highest BCUT2D eigenvalue weighted by Crippen LogP contribution is 2.32. The Morgan fingerprint density at radius 2 is 1.89 bits per heavy atom. The van der Waals surface area contributed by atoms with Crippen LogP contribution in [0.4, 0.5) is 13.2 Å². The van der Waals surface area contributed by atoms with Crippen molar-refractivity contribution in [3.8, 4) is 0 Å². The third kappa shape index (κ3) is 5.53. The van der Waals surface area contributed by atoms with E-state index < -0.39 is 28.8 Å². The summed E-state index contributed by atoms with van der Waals surface area (Å²) in [6.07, 6.45) is -2.39. The maximum absolute atomic E-state index is 12.4. The lowest BCUT2D eigenvalue weighted by Gasteiger charge is -2.23. The minimum atomic E-state index is -4.47. The fourth-order valence-electron chi connectivity index (χ4n) is 1.70. The Kier molecular flexibility index (Phi) is 5.42. The van der Waals surface area contributed by atoms with Crippen LogP contribution in [0.5, 0.6) is 0 Å².